The van der Waals surface area contributed by atoms with Crippen molar-refractivity contribution in [2.75, 3.05) is 0 Å². The predicted octanol–water partition coefficient (Wildman–Crippen LogP) is 2.50. The Morgan fingerprint density at radius 3 is 2.75 bits per heavy atom. The molecule has 0 aliphatic carbocycles. The predicted molar refractivity (Wildman–Crippen MR) is 84.3 cm³/mol. The third-order valence-electron chi connectivity index (χ3n) is 4.04. The smallest absolute Gasteiger partial charge is 0.312 e. The van der Waals surface area contributed by atoms with Crippen LogP contribution in [0.15, 0.2) is 55.0 Å². The van der Waals surface area contributed by atoms with Crippen molar-refractivity contribution in [3.63, 3.8) is 0 Å². The second-order valence-corrected chi connectivity index (χ2v) is 5.66. The molecule has 120 valence electrons. The van der Waals surface area contributed by atoms with Gasteiger partial charge in [-0.1, -0.05) is 12.1 Å². The van der Waals surface area contributed by atoms with Gasteiger partial charge >= 0.3 is 5.97 Å². The summed E-state index contributed by atoms with van der Waals surface area (Å²) in [6, 6.07) is 8.08. The van der Waals surface area contributed by atoms with E-state index in [1.807, 2.05) is 0 Å². The summed E-state index contributed by atoms with van der Waals surface area (Å²) in [4.78, 5) is 36.7. The summed E-state index contributed by atoms with van der Waals surface area (Å²) in [5.41, 5.74) is 0.0135. The molecule has 1 unspecified atom stereocenters. The Labute approximate surface area is 135 Å². The Morgan fingerprint density at radius 2 is 1.92 bits per heavy atom. The quantitative estimate of drug-likeness (QED) is 0.639. The lowest BCUT2D eigenvalue weighted by Gasteiger charge is -2.22. The van der Waals surface area contributed by atoms with Crippen molar-refractivity contribution in [1.82, 2.24) is 0 Å². The summed E-state index contributed by atoms with van der Waals surface area (Å²) in [6.07, 6.45) is 1.22. The number of carbonyl (C=O) groups excluding carboxylic acids is 1. The van der Waals surface area contributed by atoms with Gasteiger partial charge in [0.1, 0.15) is 11.3 Å². The first-order valence-corrected chi connectivity index (χ1v) is 7.40. The van der Waals surface area contributed by atoms with E-state index in [1.54, 1.807) is 31.2 Å². The molecular formula is C18H12O6. The molecule has 0 bridgehead atoms. The van der Waals surface area contributed by atoms with E-state index in [9.17, 15) is 14.4 Å². The molecule has 0 spiro atoms. The lowest BCUT2D eigenvalue weighted by molar-refractivity contribution is -0.136. The van der Waals surface area contributed by atoms with Crippen LogP contribution in [-0.2, 0) is 4.79 Å². The number of hydrogen-bond donors (Lipinski definition) is 0. The molecule has 6 nitrogen and oxygen atoms in total. The highest BCUT2D eigenvalue weighted by molar-refractivity contribution is 5.79. The van der Waals surface area contributed by atoms with E-state index in [-0.39, 0.29) is 28.9 Å². The number of fused-ring (bicyclic) bond motifs is 2. The normalized spacial score (nSPS) is 16.7. The van der Waals surface area contributed by atoms with E-state index in [0.717, 1.165) is 0 Å². The number of benzene rings is 1. The minimum Gasteiger partial charge on any atom is -0.464 e. The Morgan fingerprint density at radius 1 is 1.12 bits per heavy atom. The maximum Gasteiger partial charge on any atom is 0.312 e. The molecule has 0 N–H and O–H groups in total. The fourth-order valence-electron chi connectivity index (χ4n) is 2.95. The van der Waals surface area contributed by atoms with E-state index in [4.69, 9.17) is 13.6 Å². The number of rotatable bonds is 1. The largest absolute Gasteiger partial charge is 0.464 e. The second-order valence-electron chi connectivity index (χ2n) is 5.66. The fourth-order valence-corrected chi connectivity index (χ4v) is 2.95. The SMILES string of the molecule is Cc1cc(=O)c2c(o1)C(c1coc3ccccc3c1=O)CC(=O)O2. The summed E-state index contributed by atoms with van der Waals surface area (Å²) in [5, 5.41) is 0.408. The van der Waals surface area contributed by atoms with Crippen molar-refractivity contribution < 1.29 is 18.4 Å². The zero-order chi connectivity index (χ0) is 16.8. The van der Waals surface area contributed by atoms with Crippen LogP contribution in [0.2, 0.25) is 0 Å². The van der Waals surface area contributed by atoms with Crippen LogP contribution in [0.4, 0.5) is 0 Å². The van der Waals surface area contributed by atoms with Crippen molar-refractivity contribution >= 4 is 16.9 Å². The summed E-state index contributed by atoms with van der Waals surface area (Å²) in [5.74, 6) is -0.894. The Balaban J connectivity index is 1.99. The van der Waals surface area contributed by atoms with Gasteiger partial charge in [0, 0.05) is 11.6 Å². The molecule has 1 atom stereocenters. The lowest BCUT2D eigenvalue weighted by Crippen LogP contribution is -2.28. The van der Waals surface area contributed by atoms with Gasteiger partial charge < -0.3 is 13.6 Å². The minimum atomic E-state index is -0.713. The van der Waals surface area contributed by atoms with Crippen LogP contribution < -0.4 is 15.6 Å². The molecule has 1 aliphatic heterocycles. The van der Waals surface area contributed by atoms with Gasteiger partial charge in [-0.3, -0.25) is 14.4 Å². The van der Waals surface area contributed by atoms with Crippen LogP contribution in [0.1, 0.15) is 29.4 Å². The van der Waals surface area contributed by atoms with E-state index in [2.05, 4.69) is 0 Å². The summed E-state index contributed by atoms with van der Waals surface area (Å²) < 4.78 is 16.1. The molecule has 0 saturated carbocycles. The monoisotopic (exact) mass is 324 g/mol. The Kier molecular flexibility index (Phi) is 3.13. The first-order valence-electron chi connectivity index (χ1n) is 7.40. The van der Waals surface area contributed by atoms with Crippen LogP contribution in [-0.4, -0.2) is 5.97 Å². The molecule has 0 fully saturated rings. The van der Waals surface area contributed by atoms with Gasteiger partial charge in [0.05, 0.1) is 24.0 Å². The van der Waals surface area contributed by atoms with Gasteiger partial charge in [-0.25, -0.2) is 0 Å². The van der Waals surface area contributed by atoms with Crippen molar-refractivity contribution in [2.24, 2.45) is 0 Å². The van der Waals surface area contributed by atoms with Crippen molar-refractivity contribution in [3.8, 4) is 5.75 Å². The van der Waals surface area contributed by atoms with E-state index >= 15 is 0 Å². The average Bonchev–Trinajstić information content (AvgIpc) is 2.56. The van der Waals surface area contributed by atoms with Gasteiger partial charge in [-0.2, -0.15) is 0 Å². The van der Waals surface area contributed by atoms with Crippen molar-refractivity contribution in [1.29, 1.82) is 0 Å². The first-order chi connectivity index (χ1) is 11.5. The van der Waals surface area contributed by atoms with Crippen LogP contribution in [0.5, 0.6) is 5.75 Å². The average molecular weight is 324 g/mol. The van der Waals surface area contributed by atoms with Crippen LogP contribution in [0.3, 0.4) is 0 Å². The summed E-state index contributed by atoms with van der Waals surface area (Å²) in [7, 11) is 0. The Hall–Kier alpha value is -3.15. The number of ether oxygens (including phenoxy) is 1. The minimum absolute atomic E-state index is 0.0947. The van der Waals surface area contributed by atoms with Crippen LogP contribution in [0, 0.1) is 6.92 Å². The van der Waals surface area contributed by atoms with Gasteiger partial charge in [0.15, 0.2) is 11.2 Å². The summed E-state index contributed by atoms with van der Waals surface area (Å²) in [6.45, 7) is 1.62. The van der Waals surface area contributed by atoms with Crippen molar-refractivity contribution in [3.05, 3.63) is 74.1 Å². The number of aryl methyl sites for hydroxylation is 1. The Bertz CT molecular complexity index is 1090. The molecular weight excluding hydrogens is 312 g/mol. The fraction of sp³-hybridized carbons (Fsp3) is 0.167. The number of para-hydroxylation sites is 1. The van der Waals surface area contributed by atoms with Gasteiger partial charge in [0.25, 0.3) is 0 Å². The number of esters is 1. The zero-order valence-corrected chi connectivity index (χ0v) is 12.7. The van der Waals surface area contributed by atoms with Gasteiger partial charge in [0.2, 0.25) is 11.2 Å². The molecule has 2 aromatic heterocycles. The maximum absolute atomic E-state index is 12.8. The highest BCUT2D eigenvalue weighted by Gasteiger charge is 2.35. The van der Waals surface area contributed by atoms with E-state index in [0.29, 0.717) is 16.7 Å². The second kappa shape index (κ2) is 5.19. The molecule has 6 heteroatoms. The van der Waals surface area contributed by atoms with Gasteiger partial charge in [-0.15, -0.1) is 0 Å². The molecule has 1 aromatic carbocycles. The summed E-state index contributed by atoms with van der Waals surface area (Å²) >= 11 is 0. The van der Waals surface area contributed by atoms with E-state index in [1.165, 1.54) is 12.3 Å². The van der Waals surface area contributed by atoms with Gasteiger partial charge in [-0.05, 0) is 19.1 Å². The number of carbonyl (C=O) groups is 1. The molecule has 0 radical (unpaired) electrons. The molecule has 0 amide bonds. The van der Waals surface area contributed by atoms with Crippen LogP contribution >= 0.6 is 0 Å². The van der Waals surface area contributed by atoms with E-state index < -0.39 is 17.3 Å². The third kappa shape index (κ3) is 2.15. The number of hydrogen-bond acceptors (Lipinski definition) is 6. The molecule has 3 aromatic rings. The standard InChI is InChI=1S/C18H12O6/c1-9-6-13(19)18-17(23-9)11(7-15(20)24-18)12-8-22-14-5-3-2-4-10(14)16(12)21/h2-6,8,11H,7H2,1H3. The highest BCUT2D eigenvalue weighted by atomic mass is 16.5. The molecule has 3 heterocycles. The molecule has 0 saturated heterocycles. The lowest BCUT2D eigenvalue weighted by atomic mass is 9.91. The maximum atomic E-state index is 12.8. The first kappa shape index (κ1) is 14.4. The highest BCUT2D eigenvalue weighted by Crippen LogP contribution is 2.36. The zero-order valence-electron chi connectivity index (χ0n) is 12.7. The topological polar surface area (TPSA) is 86.7 Å². The molecule has 1 aliphatic rings. The van der Waals surface area contributed by atoms with Crippen LogP contribution in [0.25, 0.3) is 11.0 Å². The van der Waals surface area contributed by atoms with Crippen molar-refractivity contribution in [2.45, 2.75) is 19.3 Å². The third-order valence-corrected chi connectivity index (χ3v) is 4.04. The molecule has 4 rings (SSSR count). The molecule has 24 heavy (non-hydrogen) atoms.